The first-order chi connectivity index (χ1) is 4.98. The molecule has 0 saturated heterocycles. The monoisotopic (exact) mass is 177 g/mol. The van der Waals surface area contributed by atoms with Crippen molar-refractivity contribution in [1.82, 2.24) is 0 Å². The molecule has 0 amide bonds. The van der Waals surface area contributed by atoms with Gasteiger partial charge in [0.25, 0.3) is 0 Å². The lowest BCUT2D eigenvalue weighted by Gasteiger charge is -2.01. The maximum absolute atomic E-state index is 11.1. The zero-order valence-corrected chi connectivity index (χ0v) is 7.65. The van der Waals surface area contributed by atoms with Crippen molar-refractivity contribution in [3.05, 3.63) is 12.2 Å². The van der Waals surface area contributed by atoms with E-state index < -0.39 is 9.84 Å². The fraction of sp³-hybridized carbons (Fsp3) is 0.714. The van der Waals surface area contributed by atoms with Gasteiger partial charge < -0.3 is 5.73 Å². The minimum Gasteiger partial charge on any atom is -0.330 e. The molecule has 0 aromatic rings. The van der Waals surface area contributed by atoms with Crippen molar-refractivity contribution in [3.8, 4) is 0 Å². The highest BCUT2D eigenvalue weighted by molar-refractivity contribution is 7.91. The number of rotatable bonds is 5. The van der Waals surface area contributed by atoms with Crippen molar-refractivity contribution in [2.24, 2.45) is 5.73 Å². The Labute approximate surface area is 68.2 Å². The van der Waals surface area contributed by atoms with Crippen molar-refractivity contribution < 1.29 is 8.42 Å². The molecule has 0 heterocycles. The highest BCUT2D eigenvalue weighted by Crippen LogP contribution is 1.99. The molecule has 3 nitrogen and oxygen atoms in total. The topological polar surface area (TPSA) is 60.2 Å². The van der Waals surface area contributed by atoms with E-state index in [1.165, 1.54) is 0 Å². The molecule has 0 atom stereocenters. The molecule has 0 radical (unpaired) electrons. The molecule has 11 heavy (non-hydrogen) atoms. The first-order valence-electron chi connectivity index (χ1n) is 3.53. The standard InChI is InChI=1S/C7H15NO2S/c1-7(2)6-11(9,10)5-3-4-8/h1,3-6,8H2,2H3. The SMILES string of the molecule is C=C(C)CS(=O)(=O)CCCN. The molecule has 2 N–H and O–H groups in total. The van der Waals surface area contributed by atoms with Crippen molar-refractivity contribution in [1.29, 1.82) is 0 Å². The average molecular weight is 177 g/mol. The van der Waals surface area contributed by atoms with E-state index in [1.807, 2.05) is 0 Å². The maximum Gasteiger partial charge on any atom is 0.154 e. The molecule has 4 heteroatoms. The Kier molecular flexibility index (Phi) is 4.37. The highest BCUT2D eigenvalue weighted by atomic mass is 32.2. The lowest BCUT2D eigenvalue weighted by atomic mass is 10.4. The van der Waals surface area contributed by atoms with Gasteiger partial charge >= 0.3 is 0 Å². The summed E-state index contributed by atoms with van der Waals surface area (Å²) in [7, 11) is -2.92. The molecule has 0 aromatic carbocycles. The second-order valence-electron chi connectivity index (χ2n) is 2.69. The molecule has 0 aliphatic heterocycles. The minimum absolute atomic E-state index is 0.0903. The Morgan fingerprint density at radius 2 is 2.09 bits per heavy atom. The third-order valence-corrected chi connectivity index (χ3v) is 2.97. The van der Waals surface area contributed by atoms with Gasteiger partial charge in [-0.15, -0.1) is 0 Å². The van der Waals surface area contributed by atoms with E-state index in [2.05, 4.69) is 6.58 Å². The summed E-state index contributed by atoms with van der Waals surface area (Å²) >= 11 is 0. The fourth-order valence-corrected chi connectivity index (χ4v) is 2.25. The normalized spacial score (nSPS) is 11.5. The predicted octanol–water partition coefficient (Wildman–Crippen LogP) is 0.326. The van der Waals surface area contributed by atoms with Crippen LogP contribution in [-0.4, -0.2) is 26.5 Å². The molecular weight excluding hydrogens is 162 g/mol. The molecule has 0 rings (SSSR count). The van der Waals surface area contributed by atoms with Gasteiger partial charge in [0.1, 0.15) is 0 Å². The van der Waals surface area contributed by atoms with E-state index in [1.54, 1.807) is 6.92 Å². The molecule has 0 aliphatic carbocycles. The summed E-state index contributed by atoms with van der Waals surface area (Å²) < 4.78 is 22.2. The molecule has 0 bridgehead atoms. The van der Waals surface area contributed by atoms with Crippen LogP contribution in [0.2, 0.25) is 0 Å². The van der Waals surface area contributed by atoms with Gasteiger partial charge in [0.2, 0.25) is 0 Å². The number of nitrogens with two attached hydrogens (primary N) is 1. The average Bonchev–Trinajstić information content (AvgIpc) is 1.81. The van der Waals surface area contributed by atoms with Gasteiger partial charge in [-0.25, -0.2) is 8.42 Å². The summed E-state index contributed by atoms with van der Waals surface area (Å²) in [6.07, 6.45) is 0.537. The van der Waals surface area contributed by atoms with Gasteiger partial charge in [-0.1, -0.05) is 12.2 Å². The number of hydrogen-bond acceptors (Lipinski definition) is 3. The molecular formula is C7H15NO2S. The Morgan fingerprint density at radius 3 is 2.45 bits per heavy atom. The van der Waals surface area contributed by atoms with Crippen molar-refractivity contribution in [2.45, 2.75) is 13.3 Å². The zero-order chi connectivity index (χ0) is 8.91. The van der Waals surface area contributed by atoms with E-state index in [4.69, 9.17) is 5.73 Å². The van der Waals surface area contributed by atoms with Crippen LogP contribution in [0.15, 0.2) is 12.2 Å². The van der Waals surface area contributed by atoms with E-state index >= 15 is 0 Å². The van der Waals surface area contributed by atoms with Gasteiger partial charge in [-0.3, -0.25) is 0 Å². The van der Waals surface area contributed by atoms with Crippen LogP contribution in [0.3, 0.4) is 0 Å². The predicted molar refractivity (Wildman–Crippen MR) is 47.1 cm³/mol. The highest BCUT2D eigenvalue weighted by Gasteiger charge is 2.08. The van der Waals surface area contributed by atoms with Crippen LogP contribution < -0.4 is 5.73 Å². The van der Waals surface area contributed by atoms with Crippen molar-refractivity contribution >= 4 is 9.84 Å². The molecule has 0 aromatic heterocycles. The summed E-state index contributed by atoms with van der Waals surface area (Å²) in [5, 5.41) is 0. The van der Waals surface area contributed by atoms with Gasteiger partial charge in [0, 0.05) is 0 Å². The largest absolute Gasteiger partial charge is 0.330 e. The second-order valence-corrected chi connectivity index (χ2v) is 4.88. The quantitative estimate of drug-likeness (QED) is 0.615. The van der Waals surface area contributed by atoms with Crippen molar-refractivity contribution in [2.75, 3.05) is 18.1 Å². The van der Waals surface area contributed by atoms with Crippen LogP contribution in [0.4, 0.5) is 0 Å². The summed E-state index contributed by atoms with van der Waals surface area (Å²) in [6, 6.07) is 0. The molecule has 0 saturated carbocycles. The first kappa shape index (κ1) is 10.7. The summed E-state index contributed by atoms with van der Waals surface area (Å²) in [6.45, 7) is 5.67. The van der Waals surface area contributed by atoms with E-state index in [0.29, 0.717) is 18.5 Å². The maximum atomic E-state index is 11.1. The van der Waals surface area contributed by atoms with Crippen LogP contribution in [0, 0.1) is 0 Å². The van der Waals surface area contributed by atoms with E-state index in [9.17, 15) is 8.42 Å². The van der Waals surface area contributed by atoms with Crippen LogP contribution in [0.1, 0.15) is 13.3 Å². The summed E-state index contributed by atoms with van der Waals surface area (Å²) in [5.41, 5.74) is 5.86. The zero-order valence-electron chi connectivity index (χ0n) is 6.84. The summed E-state index contributed by atoms with van der Waals surface area (Å²) in [4.78, 5) is 0. The fourth-order valence-electron chi connectivity index (χ4n) is 0.751. The Balaban J connectivity index is 3.92. The Bertz CT molecular complexity index is 219. The molecule has 66 valence electrons. The minimum atomic E-state index is -2.92. The van der Waals surface area contributed by atoms with Gasteiger partial charge in [0.05, 0.1) is 11.5 Å². The number of hydrogen-bond donors (Lipinski definition) is 1. The van der Waals surface area contributed by atoms with E-state index in [-0.39, 0.29) is 11.5 Å². The van der Waals surface area contributed by atoms with Crippen molar-refractivity contribution in [3.63, 3.8) is 0 Å². The molecule has 0 aliphatic rings. The smallest absolute Gasteiger partial charge is 0.154 e. The molecule has 0 fully saturated rings. The van der Waals surface area contributed by atoms with Crippen LogP contribution in [0.25, 0.3) is 0 Å². The van der Waals surface area contributed by atoms with Gasteiger partial charge in [0.15, 0.2) is 9.84 Å². The van der Waals surface area contributed by atoms with Gasteiger partial charge in [-0.05, 0) is 19.9 Å². The Hall–Kier alpha value is -0.350. The lowest BCUT2D eigenvalue weighted by molar-refractivity contribution is 0.595. The van der Waals surface area contributed by atoms with Crippen LogP contribution >= 0.6 is 0 Å². The third-order valence-electron chi connectivity index (χ3n) is 1.13. The summed E-state index contributed by atoms with van der Waals surface area (Å²) in [5.74, 6) is 0.267. The second kappa shape index (κ2) is 4.51. The van der Waals surface area contributed by atoms with Crippen LogP contribution in [-0.2, 0) is 9.84 Å². The first-order valence-corrected chi connectivity index (χ1v) is 5.35. The molecule has 0 unspecified atom stereocenters. The molecule has 0 spiro atoms. The third kappa shape index (κ3) is 6.06. The van der Waals surface area contributed by atoms with E-state index in [0.717, 1.165) is 0 Å². The lowest BCUT2D eigenvalue weighted by Crippen LogP contribution is -2.14. The van der Waals surface area contributed by atoms with Gasteiger partial charge in [-0.2, -0.15) is 0 Å². The van der Waals surface area contributed by atoms with Crippen LogP contribution in [0.5, 0.6) is 0 Å². The number of sulfone groups is 1. The Morgan fingerprint density at radius 1 is 1.55 bits per heavy atom.